The summed E-state index contributed by atoms with van der Waals surface area (Å²) in [5.41, 5.74) is 2.42. The van der Waals surface area contributed by atoms with Gasteiger partial charge in [0.25, 0.3) is 0 Å². The Kier molecular flexibility index (Phi) is 6.19. The molecule has 1 fully saturated rings. The molecule has 0 amide bonds. The largest absolute Gasteiger partial charge is 0.326 e. The number of hydrogen-bond donors (Lipinski definition) is 1. The lowest BCUT2D eigenvalue weighted by molar-refractivity contribution is 0.255. The molecule has 7 nitrogen and oxygen atoms in total. The maximum Gasteiger partial charge on any atom is 0.229 e. The zero-order chi connectivity index (χ0) is 24.7. The van der Waals surface area contributed by atoms with Crippen LogP contribution in [0.15, 0.2) is 36.7 Å². The van der Waals surface area contributed by atoms with Gasteiger partial charge in [-0.1, -0.05) is 6.07 Å². The lowest BCUT2D eigenvalue weighted by Gasteiger charge is -2.29. The predicted octanol–water partition coefficient (Wildman–Crippen LogP) is 5.61. The molecule has 4 aromatic rings. The maximum absolute atomic E-state index is 14.9. The third kappa shape index (κ3) is 4.60. The third-order valence-electron chi connectivity index (χ3n) is 6.68. The highest BCUT2D eigenvalue weighted by molar-refractivity contribution is 5.83. The normalized spacial score (nSPS) is 15.3. The van der Waals surface area contributed by atoms with E-state index in [2.05, 4.69) is 43.3 Å². The number of nitrogens with one attached hydrogen (secondary N) is 1. The summed E-state index contributed by atoms with van der Waals surface area (Å²) in [6.07, 6.45) is 5.20. The van der Waals surface area contributed by atoms with Crippen LogP contribution in [-0.2, 0) is 0 Å². The van der Waals surface area contributed by atoms with Crippen molar-refractivity contribution in [3.8, 4) is 11.3 Å². The van der Waals surface area contributed by atoms with Crippen molar-refractivity contribution in [2.75, 3.05) is 25.5 Å². The standard InChI is InChI=1S/C26H29F2N7/c1-15(2)35-16(3)31-25-20(27)11-19(12-22(25)35)24-21(28)14-30-26(33-24)32-23-6-5-18(13-29-23)17-7-9-34(4)10-8-17/h5-6,11-15,17H,7-10H2,1-4H3,(H,29,30,32,33). The van der Waals surface area contributed by atoms with Crippen molar-refractivity contribution in [2.24, 2.45) is 0 Å². The molecule has 0 unspecified atom stereocenters. The van der Waals surface area contributed by atoms with E-state index in [1.165, 1.54) is 11.6 Å². The summed E-state index contributed by atoms with van der Waals surface area (Å²) in [4.78, 5) is 19.6. The SMILES string of the molecule is Cc1nc2c(F)cc(-c3nc(Nc4ccc(C5CCN(C)CC5)cn4)ncc3F)cc2n1C(C)C. The highest BCUT2D eigenvalue weighted by Crippen LogP contribution is 2.31. The molecule has 1 saturated heterocycles. The van der Waals surface area contributed by atoms with Crippen LogP contribution in [0.5, 0.6) is 0 Å². The predicted molar refractivity (Wildman–Crippen MR) is 133 cm³/mol. The van der Waals surface area contributed by atoms with E-state index in [1.807, 2.05) is 37.6 Å². The fraction of sp³-hybridized carbons (Fsp3) is 0.385. The summed E-state index contributed by atoms with van der Waals surface area (Å²) in [7, 11) is 2.14. The highest BCUT2D eigenvalue weighted by atomic mass is 19.1. The number of fused-ring (bicyclic) bond motifs is 1. The van der Waals surface area contributed by atoms with Crippen LogP contribution in [0.25, 0.3) is 22.3 Å². The molecule has 4 heterocycles. The molecule has 1 aliphatic heterocycles. The van der Waals surface area contributed by atoms with E-state index < -0.39 is 11.6 Å². The summed E-state index contributed by atoms with van der Waals surface area (Å²) in [6, 6.07) is 7.01. The molecule has 0 saturated carbocycles. The Hall–Kier alpha value is -3.46. The van der Waals surface area contributed by atoms with Crippen LogP contribution < -0.4 is 5.32 Å². The minimum absolute atomic E-state index is 0.0143. The molecule has 0 radical (unpaired) electrons. The van der Waals surface area contributed by atoms with E-state index in [9.17, 15) is 8.78 Å². The van der Waals surface area contributed by atoms with Gasteiger partial charge in [0.1, 0.15) is 22.9 Å². The number of aromatic nitrogens is 5. The fourth-order valence-electron chi connectivity index (χ4n) is 4.86. The van der Waals surface area contributed by atoms with Gasteiger partial charge < -0.3 is 14.8 Å². The monoisotopic (exact) mass is 477 g/mol. The average molecular weight is 478 g/mol. The van der Waals surface area contributed by atoms with Gasteiger partial charge in [0.05, 0.1) is 11.7 Å². The Morgan fingerprint density at radius 3 is 2.46 bits per heavy atom. The van der Waals surface area contributed by atoms with Crippen LogP contribution in [0.4, 0.5) is 20.5 Å². The Labute approximate surface area is 203 Å². The first-order chi connectivity index (χ1) is 16.8. The van der Waals surface area contributed by atoms with Gasteiger partial charge >= 0.3 is 0 Å². The second-order valence-electron chi connectivity index (χ2n) is 9.52. The van der Waals surface area contributed by atoms with Crippen LogP contribution in [0.1, 0.15) is 50.0 Å². The minimum atomic E-state index is -0.632. The number of piperidine rings is 1. The van der Waals surface area contributed by atoms with Crippen LogP contribution in [0, 0.1) is 18.6 Å². The molecular formula is C26H29F2N7. The number of aryl methyl sites for hydroxylation is 1. The van der Waals surface area contributed by atoms with Crippen molar-refractivity contribution in [2.45, 2.75) is 45.6 Å². The van der Waals surface area contributed by atoms with Crippen molar-refractivity contribution in [1.82, 2.24) is 29.4 Å². The molecule has 5 rings (SSSR count). The van der Waals surface area contributed by atoms with E-state index in [0.29, 0.717) is 28.6 Å². The van der Waals surface area contributed by atoms with E-state index in [1.54, 1.807) is 6.07 Å². The number of benzene rings is 1. The quantitative estimate of drug-likeness (QED) is 0.403. The van der Waals surface area contributed by atoms with Gasteiger partial charge in [-0.15, -0.1) is 0 Å². The first-order valence-electron chi connectivity index (χ1n) is 11.9. The summed E-state index contributed by atoms with van der Waals surface area (Å²) in [5.74, 6) is 0.816. The Bertz CT molecular complexity index is 1360. The van der Waals surface area contributed by atoms with Crippen molar-refractivity contribution >= 4 is 22.8 Å². The number of likely N-dealkylation sites (tertiary alicyclic amines) is 1. The zero-order valence-corrected chi connectivity index (χ0v) is 20.4. The number of rotatable bonds is 5. The number of anilines is 2. The van der Waals surface area contributed by atoms with Gasteiger partial charge in [-0.25, -0.2) is 28.7 Å². The first kappa shape index (κ1) is 23.3. The number of imidazole rings is 1. The molecule has 1 aliphatic rings. The smallest absolute Gasteiger partial charge is 0.229 e. The molecule has 1 N–H and O–H groups in total. The fourth-order valence-corrected chi connectivity index (χ4v) is 4.86. The Balaban J connectivity index is 1.42. The van der Waals surface area contributed by atoms with Crippen LogP contribution >= 0.6 is 0 Å². The van der Waals surface area contributed by atoms with Gasteiger partial charge in [-0.2, -0.15) is 0 Å². The lowest BCUT2D eigenvalue weighted by Crippen LogP contribution is -2.29. The van der Waals surface area contributed by atoms with Gasteiger partial charge in [0.15, 0.2) is 11.6 Å². The molecule has 0 spiro atoms. The van der Waals surface area contributed by atoms with E-state index in [-0.39, 0.29) is 23.2 Å². The summed E-state index contributed by atoms with van der Waals surface area (Å²) < 4.78 is 31.6. The van der Waals surface area contributed by atoms with E-state index in [0.717, 1.165) is 32.1 Å². The van der Waals surface area contributed by atoms with Crippen molar-refractivity contribution < 1.29 is 8.78 Å². The summed E-state index contributed by atoms with van der Waals surface area (Å²) in [5, 5.41) is 3.04. The number of pyridine rings is 1. The second-order valence-corrected chi connectivity index (χ2v) is 9.52. The lowest BCUT2D eigenvalue weighted by atomic mass is 9.91. The van der Waals surface area contributed by atoms with E-state index in [4.69, 9.17) is 0 Å². The summed E-state index contributed by atoms with van der Waals surface area (Å²) in [6.45, 7) is 7.99. The number of nitrogens with zero attached hydrogens (tertiary/aromatic N) is 6. The molecule has 0 bridgehead atoms. The second kappa shape index (κ2) is 9.30. The average Bonchev–Trinajstić information content (AvgIpc) is 3.18. The van der Waals surface area contributed by atoms with Gasteiger partial charge in [-0.3, -0.25) is 0 Å². The molecule has 1 aromatic carbocycles. The minimum Gasteiger partial charge on any atom is -0.326 e. The Morgan fingerprint density at radius 2 is 1.77 bits per heavy atom. The molecule has 3 aromatic heterocycles. The molecule has 0 atom stereocenters. The molecule has 182 valence electrons. The van der Waals surface area contributed by atoms with Crippen molar-refractivity contribution in [3.05, 3.63) is 59.7 Å². The van der Waals surface area contributed by atoms with Gasteiger partial charge in [0, 0.05) is 17.8 Å². The van der Waals surface area contributed by atoms with Crippen molar-refractivity contribution in [1.29, 1.82) is 0 Å². The molecule has 9 heteroatoms. The Morgan fingerprint density at radius 1 is 1.00 bits per heavy atom. The van der Waals surface area contributed by atoms with Crippen LogP contribution in [0.3, 0.4) is 0 Å². The van der Waals surface area contributed by atoms with Crippen LogP contribution in [-0.4, -0.2) is 49.5 Å². The highest BCUT2D eigenvalue weighted by Gasteiger charge is 2.20. The van der Waals surface area contributed by atoms with Crippen molar-refractivity contribution in [3.63, 3.8) is 0 Å². The number of hydrogen-bond acceptors (Lipinski definition) is 6. The maximum atomic E-state index is 14.9. The van der Waals surface area contributed by atoms with Crippen LogP contribution in [0.2, 0.25) is 0 Å². The zero-order valence-electron chi connectivity index (χ0n) is 20.4. The molecule has 0 aliphatic carbocycles. The number of halogens is 2. The third-order valence-corrected chi connectivity index (χ3v) is 6.68. The summed E-state index contributed by atoms with van der Waals surface area (Å²) >= 11 is 0. The molecular weight excluding hydrogens is 448 g/mol. The topological polar surface area (TPSA) is 71.8 Å². The van der Waals surface area contributed by atoms with Gasteiger partial charge in [0.2, 0.25) is 5.95 Å². The van der Waals surface area contributed by atoms with E-state index >= 15 is 0 Å². The first-order valence-corrected chi connectivity index (χ1v) is 11.9. The van der Waals surface area contributed by atoms with Gasteiger partial charge in [-0.05, 0) is 83.4 Å². The molecule has 35 heavy (non-hydrogen) atoms.